The summed E-state index contributed by atoms with van der Waals surface area (Å²) in [4.78, 5) is 14.4. The van der Waals surface area contributed by atoms with Crippen molar-refractivity contribution in [2.75, 3.05) is 5.32 Å². The van der Waals surface area contributed by atoms with Crippen molar-refractivity contribution in [3.05, 3.63) is 11.1 Å². The fourth-order valence-corrected chi connectivity index (χ4v) is 2.70. The molecule has 0 aliphatic heterocycles. The molecule has 0 saturated carbocycles. The number of nitrogens with one attached hydrogen (secondary N) is 1. The molecule has 0 unspecified atom stereocenters. The molecule has 0 spiro atoms. The van der Waals surface area contributed by atoms with Crippen LogP contribution in [0.3, 0.4) is 0 Å². The fourth-order valence-electron chi connectivity index (χ4n) is 1.89. The van der Waals surface area contributed by atoms with E-state index in [1.54, 1.807) is 0 Å². The van der Waals surface area contributed by atoms with Crippen LogP contribution in [0.25, 0.3) is 0 Å². The number of aryl methyl sites for hydroxylation is 1. The maximum absolute atomic E-state index is 13.7. The summed E-state index contributed by atoms with van der Waals surface area (Å²) >= 11 is 3.59. The summed E-state index contributed by atoms with van der Waals surface area (Å²) in [6, 6.07) is 0. The molecule has 0 fully saturated rings. The van der Waals surface area contributed by atoms with Gasteiger partial charge in [-0.25, -0.2) is 4.98 Å². The third kappa shape index (κ3) is 4.02. The summed E-state index contributed by atoms with van der Waals surface area (Å²) in [6.45, 7) is 1.12. The van der Waals surface area contributed by atoms with Crippen molar-refractivity contribution in [1.29, 1.82) is 0 Å². The minimum absolute atomic E-state index is 0.0915. The number of rotatable bonds is 9. The molecule has 1 rings (SSSR count). The first kappa shape index (κ1) is 30.3. The zero-order valence-corrected chi connectivity index (χ0v) is 16.8. The number of anilines is 1. The number of carbonyl (C=O) groups excluding carboxylic acids is 1. The SMILES string of the molecule is Cc1csc(NC(=O)C(F)(F)C(F)(F)C(F)(F)C(F)(F)C(F)(F)C(F)(F)C(F)(F)C(F)(F)Cl)n1. The van der Waals surface area contributed by atoms with E-state index in [4.69, 9.17) is 0 Å². The van der Waals surface area contributed by atoms with Crippen LogP contribution in [0.15, 0.2) is 5.38 Å². The summed E-state index contributed by atoms with van der Waals surface area (Å²) < 4.78 is 213. The Labute approximate surface area is 185 Å². The van der Waals surface area contributed by atoms with E-state index in [0.29, 0.717) is 0 Å². The number of alkyl halides is 17. The van der Waals surface area contributed by atoms with E-state index in [1.165, 1.54) is 0 Å². The molecule has 0 radical (unpaired) electrons. The molecule has 1 aromatic rings. The molecule has 3 nitrogen and oxygen atoms in total. The molecule has 1 aromatic heterocycles. The Bertz CT molecular complexity index is 924. The zero-order chi connectivity index (χ0) is 27.6. The largest absolute Gasteiger partial charge is 0.393 e. The second-order valence-electron chi connectivity index (χ2n) is 6.27. The molecule has 0 atom stereocenters. The van der Waals surface area contributed by atoms with Gasteiger partial charge in [-0.2, -0.15) is 70.2 Å². The smallest absolute Gasteiger partial charge is 0.296 e. The molecule has 1 heterocycles. The lowest BCUT2D eigenvalue weighted by atomic mass is 9.89. The highest BCUT2D eigenvalue weighted by Crippen LogP contribution is 2.64. The summed E-state index contributed by atoms with van der Waals surface area (Å²) in [5.41, 5.74) is -0.0915. The highest BCUT2D eigenvalue weighted by molar-refractivity contribution is 7.13. The van der Waals surface area contributed by atoms with Crippen LogP contribution in [0.2, 0.25) is 0 Å². The monoisotopic (exact) mass is 576 g/mol. The van der Waals surface area contributed by atoms with Crippen LogP contribution in [-0.2, 0) is 4.79 Å². The Kier molecular flexibility index (Phi) is 7.27. The van der Waals surface area contributed by atoms with Crippen LogP contribution >= 0.6 is 22.9 Å². The first-order chi connectivity index (χ1) is 14.6. The molecule has 21 heteroatoms. The van der Waals surface area contributed by atoms with Gasteiger partial charge in [-0.1, -0.05) is 0 Å². The number of nitrogens with zero attached hydrogens (tertiary/aromatic N) is 1. The molecule has 1 N–H and O–H groups in total. The van der Waals surface area contributed by atoms with Crippen molar-refractivity contribution < 1.29 is 75.0 Å². The Morgan fingerprint density at radius 2 is 1.09 bits per heavy atom. The minimum atomic E-state index is -8.62. The van der Waals surface area contributed by atoms with Crippen molar-refractivity contribution >= 4 is 34.0 Å². The predicted molar refractivity (Wildman–Crippen MR) is 80.9 cm³/mol. The van der Waals surface area contributed by atoms with Gasteiger partial charge in [-0.05, 0) is 18.5 Å². The van der Waals surface area contributed by atoms with Gasteiger partial charge < -0.3 is 0 Å². The number of hydrogen-bond donors (Lipinski definition) is 1. The van der Waals surface area contributed by atoms with E-state index in [9.17, 15) is 75.0 Å². The van der Waals surface area contributed by atoms with Crippen LogP contribution in [-0.4, -0.2) is 57.7 Å². The molecule has 0 aliphatic rings. The first-order valence-electron chi connectivity index (χ1n) is 7.59. The topological polar surface area (TPSA) is 42.0 Å². The van der Waals surface area contributed by atoms with Crippen molar-refractivity contribution in [2.45, 2.75) is 53.8 Å². The second kappa shape index (κ2) is 8.16. The Morgan fingerprint density at radius 3 is 1.41 bits per heavy atom. The fraction of sp³-hybridized carbons (Fsp3) is 0.692. The highest BCUT2D eigenvalue weighted by atomic mass is 35.5. The van der Waals surface area contributed by atoms with Crippen LogP contribution in [0.4, 0.5) is 75.4 Å². The summed E-state index contributed by atoms with van der Waals surface area (Å²) in [5.74, 6) is -60.6. The number of aromatic nitrogens is 1. The summed E-state index contributed by atoms with van der Waals surface area (Å²) in [6.07, 6.45) is 0. The van der Waals surface area contributed by atoms with Crippen molar-refractivity contribution in [3.8, 4) is 0 Å². The summed E-state index contributed by atoms with van der Waals surface area (Å²) in [5, 5.41) is -6.21. The first-order valence-corrected chi connectivity index (χ1v) is 8.85. The van der Waals surface area contributed by atoms with Crippen molar-refractivity contribution in [2.24, 2.45) is 0 Å². The van der Waals surface area contributed by atoms with E-state index < -0.39 is 57.9 Å². The number of carbonyl (C=O) groups is 1. The molecule has 198 valence electrons. The lowest BCUT2D eigenvalue weighted by molar-refractivity contribution is -0.445. The van der Waals surface area contributed by atoms with Crippen molar-refractivity contribution in [3.63, 3.8) is 0 Å². The zero-order valence-electron chi connectivity index (χ0n) is 15.3. The van der Waals surface area contributed by atoms with Gasteiger partial charge in [0, 0.05) is 5.38 Å². The van der Waals surface area contributed by atoms with E-state index in [0.717, 1.165) is 17.6 Å². The van der Waals surface area contributed by atoms with Crippen molar-refractivity contribution in [1.82, 2.24) is 4.98 Å². The molecular formula is C13H5ClF16N2OS. The van der Waals surface area contributed by atoms with E-state index in [-0.39, 0.29) is 17.0 Å². The highest BCUT2D eigenvalue weighted by Gasteiger charge is 2.95. The van der Waals surface area contributed by atoms with Crippen LogP contribution < -0.4 is 5.32 Å². The number of halogens is 17. The van der Waals surface area contributed by atoms with Crippen LogP contribution in [0.5, 0.6) is 0 Å². The molecule has 34 heavy (non-hydrogen) atoms. The van der Waals surface area contributed by atoms with Gasteiger partial charge in [-0.3, -0.25) is 10.1 Å². The minimum Gasteiger partial charge on any atom is -0.296 e. The van der Waals surface area contributed by atoms with Gasteiger partial charge in [0.15, 0.2) is 5.13 Å². The third-order valence-electron chi connectivity index (χ3n) is 3.85. The van der Waals surface area contributed by atoms with Crippen LogP contribution in [0.1, 0.15) is 5.69 Å². The van der Waals surface area contributed by atoms with Gasteiger partial charge in [-0.15, -0.1) is 11.3 Å². The molecule has 0 bridgehead atoms. The second-order valence-corrected chi connectivity index (χ2v) is 7.60. The Hall–Kier alpha value is -1.73. The molecule has 0 aromatic carbocycles. The predicted octanol–water partition coefficient (Wildman–Crippen LogP) is 6.67. The molecule has 0 aliphatic carbocycles. The van der Waals surface area contributed by atoms with E-state index in [1.807, 2.05) is 0 Å². The number of hydrogen-bond acceptors (Lipinski definition) is 3. The standard InChI is InChI=1S/C13H5ClF16N2OS/c1-3-2-34-5(31-3)32-4(33)6(15,16)7(17,18)8(19,20)9(21,22)10(23,24)11(25,26)12(27,28)13(14,29)30/h2H,1H3,(H,31,32,33). The maximum Gasteiger partial charge on any atom is 0.393 e. The van der Waals surface area contributed by atoms with Gasteiger partial charge in [0.1, 0.15) is 0 Å². The van der Waals surface area contributed by atoms with E-state index >= 15 is 0 Å². The van der Waals surface area contributed by atoms with Gasteiger partial charge in [0.05, 0.1) is 5.69 Å². The van der Waals surface area contributed by atoms with E-state index in [2.05, 4.69) is 16.6 Å². The van der Waals surface area contributed by atoms with Gasteiger partial charge in [0.2, 0.25) is 0 Å². The molecular weight excluding hydrogens is 572 g/mol. The normalized spacial score (nSPS) is 15.5. The van der Waals surface area contributed by atoms with Gasteiger partial charge >= 0.3 is 52.7 Å². The van der Waals surface area contributed by atoms with Gasteiger partial charge in [0.25, 0.3) is 0 Å². The van der Waals surface area contributed by atoms with Crippen LogP contribution in [0, 0.1) is 6.92 Å². The number of thiazole rings is 1. The molecule has 0 saturated heterocycles. The average molecular weight is 577 g/mol. The lowest BCUT2D eigenvalue weighted by Crippen LogP contribution is -2.75. The summed E-state index contributed by atoms with van der Waals surface area (Å²) in [7, 11) is 0. The average Bonchev–Trinajstić information content (AvgIpc) is 3.04. The third-order valence-corrected chi connectivity index (χ3v) is 4.96. The Balaban J connectivity index is 3.57. The maximum atomic E-state index is 13.7. The molecule has 1 amide bonds. The number of amides is 1. The quantitative estimate of drug-likeness (QED) is 0.264. The lowest BCUT2D eigenvalue weighted by Gasteiger charge is -2.42. The Morgan fingerprint density at radius 1 is 0.735 bits per heavy atom.